The van der Waals surface area contributed by atoms with Crippen LogP contribution in [0.4, 0.5) is 0 Å². The Morgan fingerprint density at radius 3 is 1.52 bits per heavy atom. The fourth-order valence-electron chi connectivity index (χ4n) is 2.08. The van der Waals surface area contributed by atoms with Crippen LogP contribution in [0.1, 0.15) is 0 Å². The van der Waals surface area contributed by atoms with Crippen LogP contribution in [-0.4, -0.2) is 6.26 Å². The molecule has 3 rings (SSSR count). The van der Waals surface area contributed by atoms with Crippen LogP contribution >= 0.6 is 23.1 Å². The molecule has 0 radical (unpaired) electrons. The van der Waals surface area contributed by atoms with Gasteiger partial charge in [0.15, 0.2) is 0 Å². The average Bonchev–Trinajstić information content (AvgIpc) is 2.56. The Hall–Kier alpha value is -0.910. The van der Waals surface area contributed by atoms with Crippen LogP contribution in [0, 0.1) is 0 Å². The summed E-state index contributed by atoms with van der Waals surface area (Å²) in [5.74, 6) is 0. The highest BCUT2D eigenvalue weighted by molar-refractivity contribution is 7.98. The van der Waals surface area contributed by atoms with Crippen LogP contribution in [0.15, 0.2) is 77.7 Å². The molecule has 0 atom stereocenters. The van der Waals surface area contributed by atoms with Gasteiger partial charge in [-0.25, -0.2) is 0 Å². The summed E-state index contributed by atoms with van der Waals surface area (Å²) in [5, 5.41) is 0. The van der Waals surface area contributed by atoms with Gasteiger partial charge in [-0.2, -0.15) is 0 Å². The molecule has 0 spiro atoms. The van der Waals surface area contributed by atoms with E-state index in [0.29, 0.717) is 0 Å². The molecule has 0 unspecified atom stereocenters. The van der Waals surface area contributed by atoms with E-state index in [4.69, 9.17) is 0 Å². The van der Waals surface area contributed by atoms with Gasteiger partial charge in [0.2, 0.25) is 21.1 Å². The van der Waals surface area contributed by atoms with Gasteiger partial charge in [-0.15, -0.1) is 11.8 Å². The normalized spacial score (nSPS) is 9.95. The fourth-order valence-corrected chi connectivity index (χ4v) is 3.82. The second-order valence-electron chi connectivity index (χ2n) is 4.46. The molecule has 2 aromatic carbocycles. The van der Waals surface area contributed by atoms with Gasteiger partial charge in [-0.3, -0.25) is 0 Å². The number of rotatable bonds is 3. The first-order chi connectivity index (χ1) is 9.86. The number of benzene rings is 2. The summed E-state index contributed by atoms with van der Waals surface area (Å²) in [6, 6.07) is 25.7. The quantitative estimate of drug-likeness (QED) is 0.355. The van der Waals surface area contributed by atoms with Crippen molar-refractivity contribution in [2.45, 2.75) is 4.90 Å². The third kappa shape index (κ3) is 4.05. The summed E-state index contributed by atoms with van der Waals surface area (Å²) < 4.78 is 0. The van der Waals surface area contributed by atoms with E-state index in [1.54, 1.807) is 11.8 Å². The maximum Gasteiger partial charge on any atom is 0.239 e. The highest BCUT2D eigenvalue weighted by Gasteiger charge is 2.17. The second-order valence-corrected chi connectivity index (χ2v) is 6.42. The molecule has 0 N–H and O–H groups in total. The van der Waals surface area contributed by atoms with E-state index in [0.717, 1.165) is 0 Å². The lowest BCUT2D eigenvalue weighted by Gasteiger charge is -1.99. The molecule has 0 saturated carbocycles. The standard InChI is InChI=1S/C18H15S2.HI/c1-19-16-12-17(14-8-4-2-5-9-14)20-18(13-16)15-10-6-3-7-11-15;/h2-13H,1H3;1H/q+1;/p-1. The summed E-state index contributed by atoms with van der Waals surface area (Å²) >= 11 is 3.64. The van der Waals surface area contributed by atoms with E-state index in [1.165, 1.54) is 25.8 Å². The number of hydrogen-bond donors (Lipinski definition) is 0. The third-order valence-electron chi connectivity index (χ3n) is 3.12. The fraction of sp³-hybridized carbons (Fsp3) is 0.0556. The zero-order chi connectivity index (χ0) is 13.8. The van der Waals surface area contributed by atoms with Gasteiger partial charge in [0.25, 0.3) is 0 Å². The van der Waals surface area contributed by atoms with E-state index in [1.807, 2.05) is 11.3 Å². The largest absolute Gasteiger partial charge is 1.00 e. The van der Waals surface area contributed by atoms with Crippen LogP contribution in [0.3, 0.4) is 0 Å². The topological polar surface area (TPSA) is 0 Å². The molecule has 0 saturated heterocycles. The molecule has 0 aliphatic carbocycles. The molecule has 3 heteroatoms. The van der Waals surface area contributed by atoms with Gasteiger partial charge < -0.3 is 24.0 Å². The van der Waals surface area contributed by atoms with Crippen LogP contribution in [0.2, 0.25) is 0 Å². The number of hydrogen-bond acceptors (Lipinski definition) is 1. The monoisotopic (exact) mass is 422 g/mol. The molecule has 1 heterocycles. The van der Waals surface area contributed by atoms with Crippen LogP contribution in [0.5, 0.6) is 0 Å². The molecule has 0 aliphatic rings. The van der Waals surface area contributed by atoms with E-state index < -0.39 is 0 Å². The maximum absolute atomic E-state index is 2.27. The molecule has 0 aliphatic heterocycles. The third-order valence-corrected chi connectivity index (χ3v) is 4.97. The van der Waals surface area contributed by atoms with Crippen molar-refractivity contribution in [3.05, 3.63) is 72.8 Å². The lowest BCUT2D eigenvalue weighted by molar-refractivity contribution is -0.00000377. The van der Waals surface area contributed by atoms with Crippen molar-refractivity contribution in [2.24, 2.45) is 0 Å². The van der Waals surface area contributed by atoms with Gasteiger partial charge in [0.05, 0.1) is 0 Å². The van der Waals surface area contributed by atoms with Gasteiger partial charge >= 0.3 is 0 Å². The average molecular weight is 422 g/mol. The van der Waals surface area contributed by atoms with Gasteiger partial charge in [-0.05, 0) is 30.5 Å². The van der Waals surface area contributed by atoms with Crippen molar-refractivity contribution in [3.8, 4) is 20.9 Å². The van der Waals surface area contributed by atoms with E-state index in [-0.39, 0.29) is 24.0 Å². The Labute approximate surface area is 151 Å². The SMILES string of the molecule is CSc1cc(-c2ccccc2)[s+]c(-c2ccccc2)c1.[I-]. The van der Waals surface area contributed by atoms with Crippen molar-refractivity contribution in [3.63, 3.8) is 0 Å². The van der Waals surface area contributed by atoms with Gasteiger partial charge in [-0.1, -0.05) is 36.4 Å². The van der Waals surface area contributed by atoms with E-state index >= 15 is 0 Å². The first-order valence-electron chi connectivity index (χ1n) is 6.50. The zero-order valence-corrected chi connectivity index (χ0v) is 15.4. The Balaban J connectivity index is 0.00000161. The van der Waals surface area contributed by atoms with Crippen molar-refractivity contribution in [1.82, 2.24) is 0 Å². The zero-order valence-electron chi connectivity index (χ0n) is 11.6. The first kappa shape index (κ1) is 16.5. The molecule has 21 heavy (non-hydrogen) atoms. The van der Waals surface area contributed by atoms with Crippen molar-refractivity contribution in [1.29, 1.82) is 0 Å². The van der Waals surface area contributed by atoms with E-state index in [2.05, 4.69) is 79.1 Å². The van der Waals surface area contributed by atoms with Crippen molar-refractivity contribution >= 4 is 23.1 Å². The predicted octanol–water partition coefficient (Wildman–Crippen LogP) is 3.09. The Bertz CT molecular complexity index is 639. The van der Waals surface area contributed by atoms with Crippen molar-refractivity contribution in [2.75, 3.05) is 6.26 Å². The summed E-state index contributed by atoms with van der Waals surface area (Å²) in [6.07, 6.45) is 2.13. The lowest BCUT2D eigenvalue weighted by Crippen LogP contribution is -3.00. The summed E-state index contributed by atoms with van der Waals surface area (Å²) in [6.45, 7) is 0. The molecule has 0 amide bonds. The molecular weight excluding hydrogens is 407 g/mol. The Morgan fingerprint density at radius 2 is 1.14 bits per heavy atom. The highest BCUT2D eigenvalue weighted by atomic mass is 127. The summed E-state index contributed by atoms with van der Waals surface area (Å²) in [4.78, 5) is 3.94. The molecule has 106 valence electrons. The second kappa shape index (κ2) is 7.92. The summed E-state index contributed by atoms with van der Waals surface area (Å²) in [7, 11) is 0. The Morgan fingerprint density at radius 1 is 0.714 bits per heavy atom. The van der Waals surface area contributed by atoms with Crippen LogP contribution in [0.25, 0.3) is 20.9 Å². The minimum absolute atomic E-state index is 0. The maximum atomic E-state index is 2.27. The first-order valence-corrected chi connectivity index (χ1v) is 8.54. The molecule has 1 aromatic heterocycles. The predicted molar refractivity (Wildman–Crippen MR) is 91.4 cm³/mol. The smallest absolute Gasteiger partial charge is 0.239 e. The van der Waals surface area contributed by atoms with E-state index in [9.17, 15) is 0 Å². The number of halogens is 1. The van der Waals surface area contributed by atoms with Gasteiger partial charge in [0, 0.05) is 28.2 Å². The summed E-state index contributed by atoms with van der Waals surface area (Å²) in [5.41, 5.74) is 2.57. The van der Waals surface area contributed by atoms with Crippen LogP contribution < -0.4 is 24.0 Å². The molecule has 0 fully saturated rings. The van der Waals surface area contributed by atoms with Crippen molar-refractivity contribution < 1.29 is 24.0 Å². The lowest BCUT2D eigenvalue weighted by atomic mass is 10.1. The van der Waals surface area contributed by atoms with Crippen LogP contribution in [-0.2, 0) is 0 Å². The molecule has 0 nitrogen and oxygen atoms in total. The minimum atomic E-state index is 0. The molecule has 0 bridgehead atoms. The molecular formula is C18H15IS2. The number of thioether (sulfide) groups is 1. The molecule has 3 aromatic rings. The highest BCUT2D eigenvalue weighted by Crippen LogP contribution is 2.36. The van der Waals surface area contributed by atoms with Gasteiger partial charge in [0.1, 0.15) is 0 Å². The minimum Gasteiger partial charge on any atom is -1.00 e. The Kier molecular flexibility index (Phi) is 6.21.